The van der Waals surface area contributed by atoms with Crippen molar-refractivity contribution >= 4 is 0 Å². The molecule has 0 radical (unpaired) electrons. The number of hydrogen-bond donors (Lipinski definition) is 2. The Morgan fingerprint density at radius 1 is 0.905 bits per heavy atom. The van der Waals surface area contributed by atoms with Gasteiger partial charge in [-0.05, 0) is 62.5 Å². The third-order valence-electron chi connectivity index (χ3n) is 5.66. The highest BCUT2D eigenvalue weighted by atomic mass is 15.0. The molecule has 0 amide bonds. The molecule has 1 aromatic carbocycles. The standard InChI is InChI=1S/C19H30N2/c20-14-17-8-4-5-9-19(17)21-18-12-10-16(11-13-18)15-6-2-1-3-7-15/h1-3,6-7,16-19,21H,4-5,8-14,20H2. The highest BCUT2D eigenvalue weighted by Crippen LogP contribution is 2.34. The third kappa shape index (κ3) is 3.87. The summed E-state index contributed by atoms with van der Waals surface area (Å²) in [6.07, 6.45) is 10.7. The molecule has 21 heavy (non-hydrogen) atoms. The zero-order valence-electron chi connectivity index (χ0n) is 13.1. The van der Waals surface area contributed by atoms with Crippen LogP contribution < -0.4 is 11.1 Å². The normalized spacial score (nSPS) is 33.8. The molecular formula is C19H30N2. The molecule has 2 heteroatoms. The quantitative estimate of drug-likeness (QED) is 0.883. The van der Waals surface area contributed by atoms with Crippen LogP contribution in [-0.2, 0) is 0 Å². The van der Waals surface area contributed by atoms with Crippen LogP contribution in [0.4, 0.5) is 0 Å². The van der Waals surface area contributed by atoms with E-state index in [-0.39, 0.29) is 0 Å². The van der Waals surface area contributed by atoms with E-state index in [2.05, 4.69) is 35.6 Å². The molecule has 2 aliphatic carbocycles. The van der Waals surface area contributed by atoms with Gasteiger partial charge in [0, 0.05) is 12.1 Å². The minimum Gasteiger partial charge on any atom is -0.330 e. The molecule has 0 spiro atoms. The van der Waals surface area contributed by atoms with E-state index in [1.165, 1.54) is 56.9 Å². The average Bonchev–Trinajstić information content (AvgIpc) is 2.57. The number of rotatable bonds is 4. The van der Waals surface area contributed by atoms with Crippen molar-refractivity contribution in [3.63, 3.8) is 0 Å². The first-order valence-corrected chi connectivity index (χ1v) is 8.88. The van der Waals surface area contributed by atoms with E-state index >= 15 is 0 Å². The van der Waals surface area contributed by atoms with Gasteiger partial charge in [0.15, 0.2) is 0 Å². The molecule has 2 saturated carbocycles. The van der Waals surface area contributed by atoms with Crippen LogP contribution in [0.2, 0.25) is 0 Å². The van der Waals surface area contributed by atoms with Gasteiger partial charge in [-0.3, -0.25) is 0 Å². The molecule has 2 atom stereocenters. The maximum atomic E-state index is 5.96. The fourth-order valence-corrected chi connectivity index (χ4v) is 4.33. The summed E-state index contributed by atoms with van der Waals surface area (Å²) in [7, 11) is 0. The van der Waals surface area contributed by atoms with Crippen molar-refractivity contribution < 1.29 is 0 Å². The average molecular weight is 286 g/mol. The van der Waals surface area contributed by atoms with Crippen LogP contribution in [0.25, 0.3) is 0 Å². The molecule has 0 bridgehead atoms. The Balaban J connectivity index is 1.49. The van der Waals surface area contributed by atoms with Crippen LogP contribution in [0.15, 0.2) is 30.3 Å². The molecular weight excluding hydrogens is 256 g/mol. The number of nitrogens with one attached hydrogen (secondary N) is 1. The molecule has 0 aromatic heterocycles. The van der Waals surface area contributed by atoms with Gasteiger partial charge in [-0.2, -0.15) is 0 Å². The lowest BCUT2D eigenvalue weighted by atomic mass is 9.79. The maximum absolute atomic E-state index is 5.96. The van der Waals surface area contributed by atoms with E-state index in [0.29, 0.717) is 12.0 Å². The van der Waals surface area contributed by atoms with E-state index < -0.39 is 0 Å². The molecule has 0 heterocycles. The molecule has 0 saturated heterocycles. The van der Waals surface area contributed by atoms with Crippen LogP contribution in [-0.4, -0.2) is 18.6 Å². The zero-order valence-corrected chi connectivity index (χ0v) is 13.1. The Kier molecular flexibility index (Phi) is 5.32. The lowest BCUT2D eigenvalue weighted by Gasteiger charge is -2.37. The molecule has 3 N–H and O–H groups in total. The second kappa shape index (κ2) is 7.42. The van der Waals surface area contributed by atoms with Gasteiger partial charge in [0.2, 0.25) is 0 Å². The minimum absolute atomic E-state index is 0.682. The second-order valence-corrected chi connectivity index (χ2v) is 7.01. The lowest BCUT2D eigenvalue weighted by molar-refractivity contribution is 0.221. The predicted octanol–water partition coefficient (Wildman–Crippen LogP) is 3.82. The summed E-state index contributed by atoms with van der Waals surface area (Å²) in [5.41, 5.74) is 7.49. The monoisotopic (exact) mass is 286 g/mol. The Morgan fingerprint density at radius 3 is 2.33 bits per heavy atom. The van der Waals surface area contributed by atoms with Gasteiger partial charge in [-0.1, -0.05) is 43.2 Å². The van der Waals surface area contributed by atoms with Crippen LogP contribution in [0.3, 0.4) is 0 Å². The Bertz CT molecular complexity index is 409. The Hall–Kier alpha value is -0.860. The van der Waals surface area contributed by atoms with Crippen molar-refractivity contribution in [1.29, 1.82) is 0 Å². The molecule has 2 fully saturated rings. The molecule has 0 aliphatic heterocycles. The minimum atomic E-state index is 0.682. The van der Waals surface area contributed by atoms with E-state index in [1.807, 2.05) is 0 Å². The first-order valence-electron chi connectivity index (χ1n) is 8.88. The van der Waals surface area contributed by atoms with E-state index in [4.69, 9.17) is 5.73 Å². The topological polar surface area (TPSA) is 38.0 Å². The number of benzene rings is 1. The molecule has 116 valence electrons. The zero-order chi connectivity index (χ0) is 14.5. The van der Waals surface area contributed by atoms with E-state index in [1.54, 1.807) is 0 Å². The van der Waals surface area contributed by atoms with Gasteiger partial charge < -0.3 is 11.1 Å². The molecule has 2 nitrogen and oxygen atoms in total. The van der Waals surface area contributed by atoms with Crippen molar-refractivity contribution in [3.8, 4) is 0 Å². The van der Waals surface area contributed by atoms with Gasteiger partial charge in [0.05, 0.1) is 0 Å². The Morgan fingerprint density at radius 2 is 1.62 bits per heavy atom. The fourth-order valence-electron chi connectivity index (χ4n) is 4.33. The second-order valence-electron chi connectivity index (χ2n) is 7.01. The van der Waals surface area contributed by atoms with E-state index in [0.717, 1.165) is 18.5 Å². The van der Waals surface area contributed by atoms with Gasteiger partial charge in [-0.25, -0.2) is 0 Å². The number of nitrogens with two attached hydrogens (primary N) is 1. The number of hydrogen-bond acceptors (Lipinski definition) is 2. The van der Waals surface area contributed by atoms with Gasteiger partial charge in [0.25, 0.3) is 0 Å². The van der Waals surface area contributed by atoms with Gasteiger partial charge in [-0.15, -0.1) is 0 Å². The molecule has 1 aromatic rings. The summed E-state index contributed by atoms with van der Waals surface area (Å²) >= 11 is 0. The van der Waals surface area contributed by atoms with Crippen LogP contribution in [0.5, 0.6) is 0 Å². The maximum Gasteiger partial charge on any atom is 0.0110 e. The van der Waals surface area contributed by atoms with Crippen molar-refractivity contribution in [2.45, 2.75) is 69.4 Å². The van der Waals surface area contributed by atoms with Crippen LogP contribution >= 0.6 is 0 Å². The first-order chi connectivity index (χ1) is 10.4. The third-order valence-corrected chi connectivity index (χ3v) is 5.66. The lowest BCUT2D eigenvalue weighted by Crippen LogP contribution is -2.47. The fraction of sp³-hybridized carbons (Fsp3) is 0.684. The smallest absolute Gasteiger partial charge is 0.0110 e. The first kappa shape index (κ1) is 15.1. The van der Waals surface area contributed by atoms with E-state index in [9.17, 15) is 0 Å². The largest absolute Gasteiger partial charge is 0.330 e. The highest BCUT2D eigenvalue weighted by Gasteiger charge is 2.28. The van der Waals surface area contributed by atoms with Crippen molar-refractivity contribution in [2.75, 3.05) is 6.54 Å². The summed E-state index contributed by atoms with van der Waals surface area (Å²) in [5, 5.41) is 3.95. The SMILES string of the molecule is NCC1CCCCC1NC1CCC(c2ccccc2)CC1. The molecule has 3 rings (SSSR count). The van der Waals surface area contributed by atoms with Crippen LogP contribution in [0, 0.1) is 5.92 Å². The highest BCUT2D eigenvalue weighted by molar-refractivity contribution is 5.20. The predicted molar refractivity (Wildman–Crippen MR) is 89.4 cm³/mol. The summed E-state index contributed by atoms with van der Waals surface area (Å²) in [5.74, 6) is 1.49. The summed E-state index contributed by atoms with van der Waals surface area (Å²) < 4.78 is 0. The van der Waals surface area contributed by atoms with Crippen LogP contribution in [0.1, 0.15) is 62.8 Å². The van der Waals surface area contributed by atoms with Gasteiger partial charge >= 0.3 is 0 Å². The van der Waals surface area contributed by atoms with Crippen molar-refractivity contribution in [3.05, 3.63) is 35.9 Å². The molecule has 2 aliphatic rings. The summed E-state index contributed by atoms with van der Waals surface area (Å²) in [4.78, 5) is 0. The summed E-state index contributed by atoms with van der Waals surface area (Å²) in [6.45, 7) is 0.858. The Labute approximate surface area is 129 Å². The van der Waals surface area contributed by atoms with Crippen molar-refractivity contribution in [2.24, 2.45) is 11.7 Å². The van der Waals surface area contributed by atoms with Gasteiger partial charge in [0.1, 0.15) is 0 Å². The summed E-state index contributed by atoms with van der Waals surface area (Å²) in [6, 6.07) is 12.5. The van der Waals surface area contributed by atoms with Crippen molar-refractivity contribution in [1.82, 2.24) is 5.32 Å². The molecule has 2 unspecified atom stereocenters.